The summed E-state index contributed by atoms with van der Waals surface area (Å²) in [7, 11) is 0. The Morgan fingerprint density at radius 3 is 2.61 bits per heavy atom. The fourth-order valence-electron chi connectivity index (χ4n) is 4.08. The van der Waals surface area contributed by atoms with Crippen molar-refractivity contribution in [1.29, 1.82) is 0 Å². The largest absolute Gasteiger partial charge is 0.379 e. The number of ether oxygens (including phenoxy) is 1. The average molecular weight is 323 g/mol. The number of carbonyl (C=O) groups excluding carboxylic acids is 2. The van der Waals surface area contributed by atoms with Gasteiger partial charge in [-0.05, 0) is 26.7 Å². The molecule has 3 aliphatic heterocycles. The van der Waals surface area contributed by atoms with Crippen molar-refractivity contribution in [2.45, 2.75) is 39.2 Å². The zero-order valence-electron chi connectivity index (χ0n) is 14.4. The molecule has 0 radical (unpaired) electrons. The van der Waals surface area contributed by atoms with Crippen LogP contribution in [-0.2, 0) is 14.3 Å². The van der Waals surface area contributed by atoms with Gasteiger partial charge < -0.3 is 14.5 Å². The molecule has 1 atom stereocenters. The van der Waals surface area contributed by atoms with Gasteiger partial charge in [0.2, 0.25) is 11.8 Å². The topological polar surface area (TPSA) is 53.1 Å². The van der Waals surface area contributed by atoms with Crippen LogP contribution in [0.5, 0.6) is 0 Å². The van der Waals surface area contributed by atoms with Crippen LogP contribution >= 0.6 is 0 Å². The van der Waals surface area contributed by atoms with Gasteiger partial charge in [-0.1, -0.05) is 0 Å². The average Bonchev–Trinajstić information content (AvgIpc) is 3.07. The molecule has 1 spiro atoms. The third kappa shape index (κ3) is 3.69. The van der Waals surface area contributed by atoms with E-state index in [1.807, 2.05) is 9.80 Å². The lowest BCUT2D eigenvalue weighted by Crippen LogP contribution is -2.45. The maximum absolute atomic E-state index is 12.4. The molecule has 0 aromatic rings. The van der Waals surface area contributed by atoms with Gasteiger partial charge in [0, 0.05) is 50.6 Å². The standard InChI is InChI=1S/C17H29N3O3/c1-14(2)20-12-17(9-15(20)21)11-18(7-8-23-13-17)10-16(22)19-5-3-4-6-19/h14H,3-13H2,1-2H3. The van der Waals surface area contributed by atoms with Crippen LogP contribution in [0.1, 0.15) is 33.1 Å². The van der Waals surface area contributed by atoms with Crippen molar-refractivity contribution in [3.63, 3.8) is 0 Å². The Morgan fingerprint density at radius 2 is 1.96 bits per heavy atom. The minimum Gasteiger partial charge on any atom is -0.379 e. The van der Waals surface area contributed by atoms with Crippen LogP contribution in [-0.4, -0.2) is 85.0 Å². The van der Waals surface area contributed by atoms with Gasteiger partial charge in [0.05, 0.1) is 19.8 Å². The molecule has 0 aromatic heterocycles. The highest BCUT2D eigenvalue weighted by Gasteiger charge is 2.46. The molecule has 23 heavy (non-hydrogen) atoms. The Balaban J connectivity index is 1.64. The van der Waals surface area contributed by atoms with Crippen molar-refractivity contribution in [3.8, 4) is 0 Å². The molecule has 1 unspecified atom stereocenters. The quantitative estimate of drug-likeness (QED) is 0.762. The predicted molar refractivity (Wildman–Crippen MR) is 87.0 cm³/mol. The molecule has 2 amide bonds. The smallest absolute Gasteiger partial charge is 0.236 e. The minimum atomic E-state index is -0.150. The Labute approximate surface area is 138 Å². The zero-order valence-corrected chi connectivity index (χ0v) is 14.4. The molecule has 0 aromatic carbocycles. The van der Waals surface area contributed by atoms with Crippen LogP contribution in [0.25, 0.3) is 0 Å². The first kappa shape index (κ1) is 16.7. The Kier molecular flexibility index (Phi) is 4.92. The molecule has 3 heterocycles. The van der Waals surface area contributed by atoms with E-state index in [1.54, 1.807) is 0 Å². The highest BCUT2D eigenvalue weighted by atomic mass is 16.5. The van der Waals surface area contributed by atoms with Crippen molar-refractivity contribution < 1.29 is 14.3 Å². The Morgan fingerprint density at radius 1 is 1.22 bits per heavy atom. The molecule has 6 heteroatoms. The monoisotopic (exact) mass is 323 g/mol. The van der Waals surface area contributed by atoms with E-state index in [1.165, 1.54) is 0 Å². The van der Waals surface area contributed by atoms with Crippen molar-refractivity contribution in [2.75, 3.05) is 52.5 Å². The lowest BCUT2D eigenvalue weighted by Gasteiger charge is -2.32. The SMILES string of the molecule is CC(C)N1CC2(COCCN(CC(=O)N3CCCC3)C2)CC1=O. The van der Waals surface area contributed by atoms with Crippen LogP contribution in [0.3, 0.4) is 0 Å². The van der Waals surface area contributed by atoms with Gasteiger partial charge in [-0.2, -0.15) is 0 Å². The van der Waals surface area contributed by atoms with E-state index < -0.39 is 0 Å². The number of amides is 2. The molecule has 0 aliphatic carbocycles. The van der Waals surface area contributed by atoms with E-state index >= 15 is 0 Å². The molecule has 0 bridgehead atoms. The van der Waals surface area contributed by atoms with Gasteiger partial charge in [0.15, 0.2) is 0 Å². The predicted octanol–water partition coefficient (Wildman–Crippen LogP) is 0.568. The lowest BCUT2D eigenvalue weighted by atomic mass is 9.87. The van der Waals surface area contributed by atoms with Crippen LogP contribution in [0, 0.1) is 5.41 Å². The second-order valence-electron chi connectivity index (χ2n) is 7.64. The first-order chi connectivity index (χ1) is 11.0. The maximum Gasteiger partial charge on any atom is 0.236 e. The minimum absolute atomic E-state index is 0.150. The van der Waals surface area contributed by atoms with Gasteiger partial charge in [-0.25, -0.2) is 0 Å². The molecular weight excluding hydrogens is 294 g/mol. The summed E-state index contributed by atoms with van der Waals surface area (Å²) >= 11 is 0. The second-order valence-corrected chi connectivity index (χ2v) is 7.64. The second kappa shape index (κ2) is 6.77. The van der Waals surface area contributed by atoms with Gasteiger partial charge in [-0.15, -0.1) is 0 Å². The van der Waals surface area contributed by atoms with E-state index in [-0.39, 0.29) is 23.3 Å². The van der Waals surface area contributed by atoms with Crippen molar-refractivity contribution in [1.82, 2.24) is 14.7 Å². The lowest BCUT2D eigenvalue weighted by molar-refractivity contribution is -0.131. The van der Waals surface area contributed by atoms with Crippen LogP contribution in [0.2, 0.25) is 0 Å². The first-order valence-corrected chi connectivity index (χ1v) is 8.86. The maximum atomic E-state index is 12.4. The summed E-state index contributed by atoms with van der Waals surface area (Å²) in [4.78, 5) is 30.9. The summed E-state index contributed by atoms with van der Waals surface area (Å²) in [5, 5.41) is 0. The van der Waals surface area contributed by atoms with E-state index in [4.69, 9.17) is 4.74 Å². The number of hydrogen-bond donors (Lipinski definition) is 0. The highest BCUT2D eigenvalue weighted by Crippen LogP contribution is 2.35. The van der Waals surface area contributed by atoms with E-state index in [2.05, 4.69) is 18.7 Å². The number of hydrogen-bond acceptors (Lipinski definition) is 4. The summed E-state index contributed by atoms with van der Waals surface area (Å²) < 4.78 is 5.80. The third-order valence-electron chi connectivity index (χ3n) is 5.31. The number of nitrogens with zero attached hydrogens (tertiary/aromatic N) is 3. The van der Waals surface area contributed by atoms with E-state index in [0.717, 1.165) is 45.6 Å². The number of rotatable bonds is 3. The Bertz CT molecular complexity index is 462. The summed E-state index contributed by atoms with van der Waals surface area (Å²) in [6.07, 6.45) is 2.78. The van der Waals surface area contributed by atoms with Gasteiger partial charge in [0.1, 0.15) is 0 Å². The summed E-state index contributed by atoms with van der Waals surface area (Å²) in [5.41, 5.74) is -0.150. The van der Waals surface area contributed by atoms with Gasteiger partial charge in [-0.3, -0.25) is 14.5 Å². The van der Waals surface area contributed by atoms with E-state index in [9.17, 15) is 9.59 Å². The first-order valence-electron chi connectivity index (χ1n) is 8.86. The fourth-order valence-corrected chi connectivity index (χ4v) is 4.08. The molecule has 3 rings (SSSR count). The number of likely N-dealkylation sites (tertiary alicyclic amines) is 2. The normalized spacial score (nSPS) is 29.8. The molecule has 3 saturated heterocycles. The molecular formula is C17H29N3O3. The molecule has 3 fully saturated rings. The molecule has 0 N–H and O–H groups in total. The van der Waals surface area contributed by atoms with E-state index in [0.29, 0.717) is 26.2 Å². The molecule has 130 valence electrons. The number of carbonyl (C=O) groups is 2. The molecule has 3 aliphatic rings. The highest BCUT2D eigenvalue weighted by molar-refractivity contribution is 5.80. The molecule has 6 nitrogen and oxygen atoms in total. The van der Waals surface area contributed by atoms with Crippen molar-refractivity contribution in [2.24, 2.45) is 5.41 Å². The Hall–Kier alpha value is -1.14. The summed E-state index contributed by atoms with van der Waals surface area (Å²) in [6, 6.07) is 0.227. The fraction of sp³-hybridized carbons (Fsp3) is 0.882. The summed E-state index contributed by atoms with van der Waals surface area (Å²) in [6.45, 7) is 9.94. The van der Waals surface area contributed by atoms with Crippen LogP contribution in [0.4, 0.5) is 0 Å². The van der Waals surface area contributed by atoms with Crippen LogP contribution < -0.4 is 0 Å². The van der Waals surface area contributed by atoms with Gasteiger partial charge in [0.25, 0.3) is 0 Å². The summed E-state index contributed by atoms with van der Waals surface area (Å²) in [5.74, 6) is 0.445. The van der Waals surface area contributed by atoms with Crippen molar-refractivity contribution >= 4 is 11.8 Å². The van der Waals surface area contributed by atoms with Crippen LogP contribution in [0.15, 0.2) is 0 Å². The molecule has 0 saturated carbocycles. The van der Waals surface area contributed by atoms with Gasteiger partial charge >= 0.3 is 0 Å². The third-order valence-corrected chi connectivity index (χ3v) is 5.31. The van der Waals surface area contributed by atoms with Crippen molar-refractivity contribution in [3.05, 3.63) is 0 Å². The zero-order chi connectivity index (χ0) is 16.4.